The number of rotatable bonds is 9. The van der Waals surface area contributed by atoms with E-state index in [4.69, 9.17) is 9.47 Å². The van der Waals surface area contributed by atoms with Gasteiger partial charge in [0, 0.05) is 29.1 Å². The first kappa shape index (κ1) is 24.3. The summed E-state index contributed by atoms with van der Waals surface area (Å²) in [5, 5.41) is 4.89. The summed E-state index contributed by atoms with van der Waals surface area (Å²) >= 11 is 1.25. The standard InChI is InChI=1S/C22H22F3N3O4S/c1-28(11-14-6-4-5-7-18(14)32-22(23,24)25)12-20(29)27-21-26-17(13-33-21)16-9-8-15(30-2)10-19(16)31-3/h4-10,13H,11-12H2,1-3H3,(H,26,27,29). The molecule has 11 heteroatoms. The maximum atomic E-state index is 12.6. The van der Waals surface area contributed by atoms with Crippen LogP contribution in [0.1, 0.15) is 5.56 Å². The van der Waals surface area contributed by atoms with Crippen LogP contribution in [0.25, 0.3) is 11.3 Å². The van der Waals surface area contributed by atoms with Crippen molar-refractivity contribution in [1.29, 1.82) is 0 Å². The van der Waals surface area contributed by atoms with Crippen molar-refractivity contribution in [3.8, 4) is 28.5 Å². The number of thiazole rings is 1. The molecule has 1 amide bonds. The van der Waals surface area contributed by atoms with Gasteiger partial charge < -0.3 is 19.5 Å². The van der Waals surface area contributed by atoms with Crippen LogP contribution in [0.2, 0.25) is 0 Å². The molecule has 0 saturated heterocycles. The van der Waals surface area contributed by atoms with Crippen molar-refractivity contribution in [1.82, 2.24) is 9.88 Å². The van der Waals surface area contributed by atoms with Crippen molar-refractivity contribution >= 4 is 22.4 Å². The molecule has 3 rings (SSSR count). The van der Waals surface area contributed by atoms with Gasteiger partial charge in [-0.15, -0.1) is 24.5 Å². The summed E-state index contributed by atoms with van der Waals surface area (Å²) in [5.41, 5.74) is 1.68. The van der Waals surface area contributed by atoms with E-state index in [0.717, 1.165) is 5.56 Å². The number of carbonyl (C=O) groups excluding carboxylic acids is 1. The Morgan fingerprint density at radius 3 is 2.58 bits per heavy atom. The fourth-order valence-electron chi connectivity index (χ4n) is 3.07. The molecule has 0 fully saturated rings. The van der Waals surface area contributed by atoms with Gasteiger partial charge in [-0.2, -0.15) is 0 Å². The molecule has 3 aromatic rings. The first-order chi connectivity index (χ1) is 15.7. The number of anilines is 1. The van der Waals surface area contributed by atoms with E-state index in [2.05, 4.69) is 15.0 Å². The molecular weight excluding hydrogens is 459 g/mol. The first-order valence-electron chi connectivity index (χ1n) is 9.68. The lowest BCUT2D eigenvalue weighted by atomic mass is 10.1. The number of benzene rings is 2. The highest BCUT2D eigenvalue weighted by atomic mass is 32.1. The van der Waals surface area contributed by atoms with Gasteiger partial charge in [0.2, 0.25) is 5.91 Å². The Balaban J connectivity index is 1.62. The summed E-state index contributed by atoms with van der Waals surface area (Å²) in [6, 6.07) is 11.2. The molecule has 0 saturated carbocycles. The zero-order valence-electron chi connectivity index (χ0n) is 18.1. The number of nitrogens with zero attached hydrogens (tertiary/aromatic N) is 2. The van der Waals surface area contributed by atoms with Gasteiger partial charge in [-0.1, -0.05) is 18.2 Å². The molecule has 0 aliphatic carbocycles. The van der Waals surface area contributed by atoms with Crippen LogP contribution in [0.5, 0.6) is 17.2 Å². The largest absolute Gasteiger partial charge is 0.573 e. The van der Waals surface area contributed by atoms with Gasteiger partial charge in [0.25, 0.3) is 0 Å². The van der Waals surface area contributed by atoms with Crippen molar-refractivity contribution < 1.29 is 32.2 Å². The van der Waals surface area contributed by atoms with Crippen molar-refractivity contribution in [3.63, 3.8) is 0 Å². The van der Waals surface area contributed by atoms with E-state index < -0.39 is 6.36 Å². The van der Waals surface area contributed by atoms with Crippen LogP contribution in [0.3, 0.4) is 0 Å². The Bertz CT molecular complexity index is 1100. The van der Waals surface area contributed by atoms with Gasteiger partial charge in [0.1, 0.15) is 17.2 Å². The summed E-state index contributed by atoms with van der Waals surface area (Å²) in [4.78, 5) is 18.5. The number of hydrogen-bond donors (Lipinski definition) is 1. The van der Waals surface area contributed by atoms with Gasteiger partial charge in [0.05, 0.1) is 26.5 Å². The maximum absolute atomic E-state index is 12.6. The number of nitrogens with one attached hydrogen (secondary N) is 1. The third kappa shape index (κ3) is 6.83. The van der Waals surface area contributed by atoms with Crippen LogP contribution in [-0.2, 0) is 11.3 Å². The highest BCUT2D eigenvalue weighted by Crippen LogP contribution is 2.35. The highest BCUT2D eigenvalue weighted by molar-refractivity contribution is 7.14. The molecule has 0 atom stereocenters. The maximum Gasteiger partial charge on any atom is 0.573 e. The van der Waals surface area contributed by atoms with Crippen LogP contribution in [0, 0.1) is 0 Å². The average Bonchev–Trinajstić information content (AvgIpc) is 3.21. The van der Waals surface area contributed by atoms with E-state index in [1.54, 1.807) is 49.7 Å². The van der Waals surface area contributed by atoms with Crippen molar-refractivity contribution in [3.05, 3.63) is 53.4 Å². The summed E-state index contributed by atoms with van der Waals surface area (Å²) in [7, 11) is 4.73. The van der Waals surface area contributed by atoms with Gasteiger partial charge in [-0.3, -0.25) is 9.69 Å². The number of aromatic nitrogens is 1. The fraction of sp³-hybridized carbons (Fsp3) is 0.273. The van der Waals surface area contributed by atoms with Crippen molar-refractivity contribution in [2.75, 3.05) is 33.1 Å². The second kappa shape index (κ2) is 10.5. The highest BCUT2D eigenvalue weighted by Gasteiger charge is 2.32. The minimum atomic E-state index is -4.79. The topological polar surface area (TPSA) is 72.9 Å². The predicted octanol–water partition coefficient (Wildman–Crippen LogP) is 4.80. The van der Waals surface area contributed by atoms with Gasteiger partial charge in [-0.05, 0) is 25.2 Å². The molecule has 1 aromatic heterocycles. The van der Waals surface area contributed by atoms with Crippen molar-refractivity contribution in [2.24, 2.45) is 0 Å². The Hall–Kier alpha value is -3.31. The van der Waals surface area contributed by atoms with Crippen LogP contribution >= 0.6 is 11.3 Å². The second-order valence-corrected chi connectivity index (χ2v) is 7.84. The number of ether oxygens (including phenoxy) is 3. The Kier molecular flexibility index (Phi) is 7.77. The molecular formula is C22H22F3N3O4S. The summed E-state index contributed by atoms with van der Waals surface area (Å²) in [6.45, 7) is 0.0347. The minimum Gasteiger partial charge on any atom is -0.497 e. The van der Waals surface area contributed by atoms with Crippen LogP contribution in [-0.4, -0.2) is 50.0 Å². The molecule has 33 heavy (non-hydrogen) atoms. The molecule has 0 unspecified atom stereocenters. The third-order valence-electron chi connectivity index (χ3n) is 4.49. The number of hydrogen-bond acceptors (Lipinski definition) is 7. The molecule has 0 aliphatic rings. The molecule has 0 radical (unpaired) electrons. The number of likely N-dealkylation sites (N-methyl/N-ethyl adjacent to an activating group) is 1. The van der Waals surface area contributed by atoms with E-state index >= 15 is 0 Å². The predicted molar refractivity (Wildman–Crippen MR) is 119 cm³/mol. The lowest BCUT2D eigenvalue weighted by Crippen LogP contribution is -2.30. The number of methoxy groups -OCH3 is 2. The van der Waals surface area contributed by atoms with Crippen molar-refractivity contribution in [2.45, 2.75) is 12.9 Å². The molecule has 0 bridgehead atoms. The molecule has 1 heterocycles. The Morgan fingerprint density at radius 2 is 1.88 bits per heavy atom. The lowest BCUT2D eigenvalue weighted by molar-refractivity contribution is -0.275. The zero-order valence-corrected chi connectivity index (χ0v) is 18.9. The number of alkyl halides is 3. The van der Waals surface area contributed by atoms with Crippen LogP contribution in [0.15, 0.2) is 47.8 Å². The molecule has 0 aliphatic heterocycles. The normalized spacial score (nSPS) is 11.4. The molecule has 7 nitrogen and oxygen atoms in total. The lowest BCUT2D eigenvalue weighted by Gasteiger charge is -2.19. The molecule has 0 spiro atoms. The Labute approximate surface area is 192 Å². The SMILES string of the molecule is COc1ccc(-c2csc(NC(=O)CN(C)Cc3ccccc3OC(F)(F)F)n2)c(OC)c1. The first-order valence-corrected chi connectivity index (χ1v) is 10.6. The smallest absolute Gasteiger partial charge is 0.497 e. The molecule has 1 N–H and O–H groups in total. The van der Waals surface area contributed by atoms with Crippen LogP contribution in [0.4, 0.5) is 18.3 Å². The fourth-order valence-corrected chi connectivity index (χ4v) is 3.80. The summed E-state index contributed by atoms with van der Waals surface area (Å²) < 4.78 is 52.4. The molecule has 2 aromatic carbocycles. The number of amides is 1. The van der Waals surface area contributed by atoms with E-state index in [9.17, 15) is 18.0 Å². The molecule has 176 valence electrons. The number of carbonyl (C=O) groups is 1. The number of halogens is 3. The zero-order chi connectivity index (χ0) is 24.0. The van der Waals surface area contributed by atoms with Gasteiger partial charge >= 0.3 is 6.36 Å². The van der Waals surface area contributed by atoms with E-state index in [-0.39, 0.29) is 24.7 Å². The van der Waals surface area contributed by atoms with E-state index in [1.165, 1.54) is 29.5 Å². The third-order valence-corrected chi connectivity index (χ3v) is 5.24. The van der Waals surface area contributed by atoms with Gasteiger partial charge in [-0.25, -0.2) is 4.98 Å². The van der Waals surface area contributed by atoms with Gasteiger partial charge in [0.15, 0.2) is 5.13 Å². The summed E-state index contributed by atoms with van der Waals surface area (Å²) in [6.07, 6.45) is -4.79. The monoisotopic (exact) mass is 481 g/mol. The number of para-hydroxylation sites is 1. The van der Waals surface area contributed by atoms with E-state index in [1.807, 2.05) is 6.07 Å². The minimum absolute atomic E-state index is 0.0544. The second-order valence-electron chi connectivity index (χ2n) is 6.98. The summed E-state index contributed by atoms with van der Waals surface area (Å²) in [5.74, 6) is 0.575. The van der Waals surface area contributed by atoms with E-state index in [0.29, 0.717) is 27.9 Å². The Morgan fingerprint density at radius 1 is 1.12 bits per heavy atom. The quantitative estimate of drug-likeness (QED) is 0.474. The average molecular weight is 481 g/mol. The van der Waals surface area contributed by atoms with Crippen LogP contribution < -0.4 is 19.5 Å².